The molecule has 0 aliphatic rings. The Hall–Kier alpha value is -1.69. The lowest BCUT2D eigenvalue weighted by Gasteiger charge is -2.06. The second-order valence-corrected chi connectivity index (χ2v) is 4.99. The van der Waals surface area contributed by atoms with E-state index in [9.17, 15) is 0 Å². The highest BCUT2D eigenvalue weighted by Gasteiger charge is 2.00. The van der Waals surface area contributed by atoms with E-state index < -0.39 is 0 Å². The van der Waals surface area contributed by atoms with Gasteiger partial charge in [0, 0.05) is 11.9 Å². The number of hydrogen-bond donors (Lipinski definition) is 2. The van der Waals surface area contributed by atoms with Crippen LogP contribution in [-0.2, 0) is 6.54 Å². The summed E-state index contributed by atoms with van der Waals surface area (Å²) in [6, 6.07) is 0. The van der Waals surface area contributed by atoms with Gasteiger partial charge in [-0.15, -0.1) is 11.3 Å². The molecule has 0 atom stereocenters. The minimum atomic E-state index is 0.677. The Kier molecular flexibility index (Phi) is 4.46. The fourth-order valence-electron chi connectivity index (χ4n) is 1.46. The molecule has 0 spiro atoms. The maximum absolute atomic E-state index is 4.42. The van der Waals surface area contributed by atoms with Crippen molar-refractivity contribution < 1.29 is 0 Å². The van der Waals surface area contributed by atoms with Gasteiger partial charge in [-0.25, -0.2) is 9.97 Å². The van der Waals surface area contributed by atoms with E-state index in [2.05, 4.69) is 37.9 Å². The summed E-state index contributed by atoms with van der Waals surface area (Å²) in [5, 5.41) is 9.56. The normalized spacial score (nSPS) is 10.3. The molecule has 0 fully saturated rings. The first kappa shape index (κ1) is 12.8. The van der Waals surface area contributed by atoms with Crippen LogP contribution in [0.2, 0.25) is 0 Å². The van der Waals surface area contributed by atoms with E-state index in [1.165, 1.54) is 0 Å². The molecule has 5 nitrogen and oxygen atoms in total. The topological polar surface area (TPSA) is 62.7 Å². The Balaban J connectivity index is 1.92. The second-order valence-electron chi connectivity index (χ2n) is 3.93. The third kappa shape index (κ3) is 3.66. The lowest BCUT2D eigenvalue weighted by Crippen LogP contribution is -2.06. The summed E-state index contributed by atoms with van der Waals surface area (Å²) in [7, 11) is 0. The summed E-state index contributed by atoms with van der Waals surface area (Å²) < 4.78 is 0. The van der Waals surface area contributed by atoms with Crippen LogP contribution >= 0.6 is 11.3 Å². The number of nitrogens with zero attached hydrogens (tertiary/aromatic N) is 3. The standard InChI is InChI=1S/C12H17N5S/c1-3-4-14-11-6-13-7-12(17-11)15-5-10-8-18-9(2)16-10/h6-8H,3-5H2,1-2H3,(H2,14,15,17). The summed E-state index contributed by atoms with van der Waals surface area (Å²) >= 11 is 1.65. The number of hydrogen-bond acceptors (Lipinski definition) is 6. The third-order valence-electron chi connectivity index (χ3n) is 2.31. The Labute approximate surface area is 111 Å². The molecular formula is C12H17N5S. The van der Waals surface area contributed by atoms with E-state index in [0.29, 0.717) is 6.54 Å². The van der Waals surface area contributed by atoms with E-state index >= 15 is 0 Å². The maximum atomic E-state index is 4.42. The predicted octanol–water partition coefficient (Wildman–Crippen LogP) is 2.68. The minimum Gasteiger partial charge on any atom is -0.369 e. The molecule has 2 aromatic rings. The van der Waals surface area contributed by atoms with Crippen molar-refractivity contribution in [3.05, 3.63) is 28.5 Å². The van der Waals surface area contributed by atoms with Crippen molar-refractivity contribution in [3.63, 3.8) is 0 Å². The highest BCUT2D eigenvalue weighted by molar-refractivity contribution is 7.09. The summed E-state index contributed by atoms with van der Waals surface area (Å²) in [6.07, 6.45) is 4.52. The summed E-state index contributed by atoms with van der Waals surface area (Å²) in [4.78, 5) is 13.0. The lowest BCUT2D eigenvalue weighted by atomic mass is 10.4. The van der Waals surface area contributed by atoms with Crippen molar-refractivity contribution >= 4 is 23.0 Å². The largest absolute Gasteiger partial charge is 0.369 e. The van der Waals surface area contributed by atoms with Gasteiger partial charge < -0.3 is 10.6 Å². The van der Waals surface area contributed by atoms with Gasteiger partial charge in [-0.2, -0.15) is 0 Å². The van der Waals surface area contributed by atoms with E-state index in [1.54, 1.807) is 23.7 Å². The van der Waals surface area contributed by atoms with Crippen LogP contribution in [0.4, 0.5) is 11.6 Å². The molecule has 2 heterocycles. The SMILES string of the molecule is CCCNc1cncc(NCc2csc(C)n2)n1. The molecule has 0 saturated heterocycles. The molecule has 0 aromatic carbocycles. The van der Waals surface area contributed by atoms with Gasteiger partial charge in [-0.1, -0.05) is 6.92 Å². The molecule has 18 heavy (non-hydrogen) atoms. The molecule has 2 N–H and O–H groups in total. The van der Waals surface area contributed by atoms with Gasteiger partial charge in [-0.3, -0.25) is 4.98 Å². The number of aryl methyl sites for hydroxylation is 1. The monoisotopic (exact) mass is 263 g/mol. The van der Waals surface area contributed by atoms with E-state index in [0.717, 1.165) is 35.3 Å². The minimum absolute atomic E-state index is 0.677. The first-order valence-electron chi connectivity index (χ1n) is 5.98. The molecule has 0 saturated carbocycles. The number of thiazole rings is 1. The van der Waals surface area contributed by atoms with Crippen LogP contribution in [0.3, 0.4) is 0 Å². The number of nitrogens with one attached hydrogen (secondary N) is 2. The van der Waals surface area contributed by atoms with Gasteiger partial charge in [0.05, 0.1) is 29.6 Å². The molecule has 2 rings (SSSR count). The molecule has 6 heteroatoms. The van der Waals surface area contributed by atoms with Crippen LogP contribution in [0.1, 0.15) is 24.0 Å². The average molecular weight is 263 g/mol. The molecule has 0 amide bonds. The predicted molar refractivity (Wildman–Crippen MR) is 75.0 cm³/mol. The van der Waals surface area contributed by atoms with E-state index in [1.807, 2.05) is 6.92 Å². The van der Waals surface area contributed by atoms with Gasteiger partial charge >= 0.3 is 0 Å². The first-order chi connectivity index (χ1) is 8.78. The number of anilines is 2. The van der Waals surface area contributed by atoms with Crippen molar-refractivity contribution in [2.24, 2.45) is 0 Å². The summed E-state index contributed by atoms with van der Waals surface area (Å²) in [6.45, 7) is 5.70. The van der Waals surface area contributed by atoms with Crippen LogP contribution in [0.15, 0.2) is 17.8 Å². The highest BCUT2D eigenvalue weighted by atomic mass is 32.1. The molecule has 2 aromatic heterocycles. The smallest absolute Gasteiger partial charge is 0.147 e. The molecule has 0 bridgehead atoms. The van der Waals surface area contributed by atoms with Gasteiger partial charge in [0.25, 0.3) is 0 Å². The second kappa shape index (κ2) is 6.30. The molecule has 0 radical (unpaired) electrons. The Morgan fingerprint density at radius 2 is 1.94 bits per heavy atom. The fraction of sp³-hybridized carbons (Fsp3) is 0.417. The molecular weight excluding hydrogens is 246 g/mol. The first-order valence-corrected chi connectivity index (χ1v) is 6.86. The quantitative estimate of drug-likeness (QED) is 0.839. The summed E-state index contributed by atoms with van der Waals surface area (Å²) in [5.74, 6) is 1.57. The average Bonchev–Trinajstić information content (AvgIpc) is 2.80. The van der Waals surface area contributed by atoms with Gasteiger partial charge in [0.2, 0.25) is 0 Å². The van der Waals surface area contributed by atoms with Crippen molar-refractivity contribution in [2.75, 3.05) is 17.2 Å². The lowest BCUT2D eigenvalue weighted by molar-refractivity contribution is 0.960. The molecule has 96 valence electrons. The van der Waals surface area contributed by atoms with Crippen LogP contribution < -0.4 is 10.6 Å². The van der Waals surface area contributed by atoms with Crippen molar-refractivity contribution in [1.29, 1.82) is 0 Å². The van der Waals surface area contributed by atoms with E-state index in [4.69, 9.17) is 0 Å². The Morgan fingerprint density at radius 3 is 2.61 bits per heavy atom. The van der Waals surface area contributed by atoms with Crippen molar-refractivity contribution in [1.82, 2.24) is 15.0 Å². The van der Waals surface area contributed by atoms with Gasteiger partial charge in [-0.05, 0) is 13.3 Å². The maximum Gasteiger partial charge on any atom is 0.147 e. The zero-order chi connectivity index (χ0) is 12.8. The molecule has 0 unspecified atom stereocenters. The van der Waals surface area contributed by atoms with Crippen molar-refractivity contribution in [3.8, 4) is 0 Å². The fourth-order valence-corrected chi connectivity index (χ4v) is 2.07. The number of aromatic nitrogens is 3. The van der Waals surface area contributed by atoms with Crippen molar-refractivity contribution in [2.45, 2.75) is 26.8 Å². The molecule has 0 aliphatic carbocycles. The number of rotatable bonds is 6. The van der Waals surface area contributed by atoms with Crippen LogP contribution in [0.5, 0.6) is 0 Å². The van der Waals surface area contributed by atoms with Gasteiger partial charge in [0.1, 0.15) is 11.6 Å². The van der Waals surface area contributed by atoms with Crippen LogP contribution in [-0.4, -0.2) is 21.5 Å². The Bertz CT molecular complexity index is 497. The van der Waals surface area contributed by atoms with Crippen LogP contribution in [0.25, 0.3) is 0 Å². The Morgan fingerprint density at radius 1 is 1.17 bits per heavy atom. The van der Waals surface area contributed by atoms with Crippen LogP contribution in [0, 0.1) is 6.92 Å². The van der Waals surface area contributed by atoms with E-state index in [-0.39, 0.29) is 0 Å². The summed E-state index contributed by atoms with van der Waals surface area (Å²) in [5.41, 5.74) is 1.03. The zero-order valence-electron chi connectivity index (χ0n) is 10.6. The third-order valence-corrected chi connectivity index (χ3v) is 3.13. The highest BCUT2D eigenvalue weighted by Crippen LogP contribution is 2.11. The van der Waals surface area contributed by atoms with Gasteiger partial charge in [0.15, 0.2) is 0 Å². The zero-order valence-corrected chi connectivity index (χ0v) is 11.4. The molecule has 0 aliphatic heterocycles.